The van der Waals surface area contributed by atoms with Gasteiger partial charge in [0, 0.05) is 32.1 Å². The van der Waals surface area contributed by atoms with Gasteiger partial charge in [-0.2, -0.15) is 0 Å². The molecular formula is C11H16N4O2S. The van der Waals surface area contributed by atoms with Gasteiger partial charge in [0.2, 0.25) is 5.13 Å². The van der Waals surface area contributed by atoms with Crippen LogP contribution in [-0.4, -0.2) is 59.4 Å². The molecular weight excluding hydrogens is 252 g/mol. The van der Waals surface area contributed by atoms with Crippen molar-refractivity contribution in [1.82, 2.24) is 15.1 Å². The number of hydrogen-bond donors (Lipinski definition) is 1. The molecule has 6 nitrogen and oxygen atoms in total. The zero-order chi connectivity index (χ0) is 12.9. The van der Waals surface area contributed by atoms with Crippen LogP contribution in [0, 0.1) is 18.3 Å². The number of carbonyl (C=O) groups is 1. The van der Waals surface area contributed by atoms with Crippen LogP contribution in [0.25, 0.3) is 0 Å². The molecule has 0 bridgehead atoms. The molecule has 2 atom stereocenters. The number of likely N-dealkylation sites (tertiary alicyclic amines) is 1. The summed E-state index contributed by atoms with van der Waals surface area (Å²) in [5.41, 5.74) is -0.631. The fourth-order valence-electron chi connectivity index (χ4n) is 3.18. The minimum absolute atomic E-state index is 0.184. The van der Waals surface area contributed by atoms with Gasteiger partial charge in [-0.1, -0.05) is 11.3 Å². The molecule has 0 unspecified atom stereocenters. The maximum Gasteiger partial charge on any atom is 0.313 e. The molecule has 2 saturated heterocycles. The van der Waals surface area contributed by atoms with Crippen LogP contribution in [0.2, 0.25) is 0 Å². The minimum atomic E-state index is -0.680. The molecule has 2 fully saturated rings. The monoisotopic (exact) mass is 268 g/mol. The van der Waals surface area contributed by atoms with E-state index in [-0.39, 0.29) is 5.92 Å². The lowest BCUT2D eigenvalue weighted by molar-refractivity contribution is -0.148. The van der Waals surface area contributed by atoms with Gasteiger partial charge >= 0.3 is 5.97 Å². The Bertz CT molecular complexity index is 491. The average molecular weight is 268 g/mol. The molecule has 18 heavy (non-hydrogen) atoms. The van der Waals surface area contributed by atoms with Gasteiger partial charge < -0.3 is 14.9 Å². The molecule has 98 valence electrons. The first-order valence-electron chi connectivity index (χ1n) is 5.98. The highest BCUT2D eigenvalue weighted by Gasteiger charge is 2.57. The van der Waals surface area contributed by atoms with Crippen molar-refractivity contribution < 1.29 is 9.90 Å². The summed E-state index contributed by atoms with van der Waals surface area (Å²) in [6.07, 6.45) is 0. The smallest absolute Gasteiger partial charge is 0.313 e. The number of anilines is 1. The van der Waals surface area contributed by atoms with E-state index in [1.165, 1.54) is 11.3 Å². The van der Waals surface area contributed by atoms with E-state index in [2.05, 4.69) is 20.0 Å². The minimum Gasteiger partial charge on any atom is -0.481 e. The van der Waals surface area contributed by atoms with E-state index < -0.39 is 11.4 Å². The number of hydrogen-bond acceptors (Lipinski definition) is 6. The summed E-state index contributed by atoms with van der Waals surface area (Å²) in [4.78, 5) is 15.8. The van der Waals surface area contributed by atoms with Crippen molar-refractivity contribution in [3.63, 3.8) is 0 Å². The van der Waals surface area contributed by atoms with Crippen LogP contribution in [-0.2, 0) is 4.79 Å². The number of aryl methyl sites for hydroxylation is 1. The molecule has 7 heteroatoms. The lowest BCUT2D eigenvalue weighted by Gasteiger charge is -2.23. The molecule has 2 aliphatic heterocycles. The van der Waals surface area contributed by atoms with E-state index in [4.69, 9.17) is 0 Å². The van der Waals surface area contributed by atoms with Gasteiger partial charge in [-0.3, -0.25) is 4.79 Å². The number of aliphatic carboxylic acids is 1. The molecule has 1 aromatic rings. The van der Waals surface area contributed by atoms with Crippen LogP contribution >= 0.6 is 11.3 Å². The van der Waals surface area contributed by atoms with Crippen molar-refractivity contribution in [2.45, 2.75) is 6.92 Å². The largest absolute Gasteiger partial charge is 0.481 e. The zero-order valence-corrected chi connectivity index (χ0v) is 11.3. The highest BCUT2D eigenvalue weighted by atomic mass is 32.1. The summed E-state index contributed by atoms with van der Waals surface area (Å²) in [6.45, 7) is 4.71. The second kappa shape index (κ2) is 3.89. The van der Waals surface area contributed by atoms with Crippen molar-refractivity contribution in [1.29, 1.82) is 0 Å². The summed E-state index contributed by atoms with van der Waals surface area (Å²) in [6, 6.07) is 0. The van der Waals surface area contributed by atoms with E-state index >= 15 is 0 Å². The van der Waals surface area contributed by atoms with E-state index in [0.717, 1.165) is 23.2 Å². The molecule has 0 spiro atoms. The fraction of sp³-hybridized carbons (Fsp3) is 0.727. The van der Waals surface area contributed by atoms with Gasteiger partial charge in [-0.25, -0.2) is 0 Å². The Morgan fingerprint density at radius 1 is 1.44 bits per heavy atom. The summed E-state index contributed by atoms with van der Waals surface area (Å²) in [5.74, 6) is -0.496. The zero-order valence-electron chi connectivity index (χ0n) is 10.5. The quantitative estimate of drug-likeness (QED) is 0.832. The van der Waals surface area contributed by atoms with Crippen LogP contribution in [0.1, 0.15) is 5.01 Å². The number of fused-ring (bicyclic) bond motifs is 1. The van der Waals surface area contributed by atoms with Crippen LogP contribution in [0.4, 0.5) is 5.13 Å². The highest BCUT2D eigenvalue weighted by molar-refractivity contribution is 7.15. The van der Waals surface area contributed by atoms with Crippen molar-refractivity contribution >= 4 is 22.4 Å². The van der Waals surface area contributed by atoms with Crippen LogP contribution < -0.4 is 4.90 Å². The molecule has 3 rings (SSSR count). The second-order valence-corrected chi connectivity index (χ2v) is 6.50. The first kappa shape index (κ1) is 11.9. The molecule has 0 aliphatic carbocycles. The van der Waals surface area contributed by atoms with Crippen LogP contribution in [0.15, 0.2) is 0 Å². The molecule has 0 amide bonds. The average Bonchev–Trinajstić information content (AvgIpc) is 2.89. The Balaban J connectivity index is 1.87. The Morgan fingerprint density at radius 2 is 2.22 bits per heavy atom. The van der Waals surface area contributed by atoms with Crippen molar-refractivity contribution in [2.75, 3.05) is 38.1 Å². The number of rotatable bonds is 2. The van der Waals surface area contributed by atoms with Crippen molar-refractivity contribution in [3.05, 3.63) is 5.01 Å². The van der Waals surface area contributed by atoms with E-state index in [1.54, 1.807) is 0 Å². The third-order valence-electron chi connectivity index (χ3n) is 3.99. The van der Waals surface area contributed by atoms with Crippen LogP contribution in [0.5, 0.6) is 0 Å². The molecule has 3 heterocycles. The van der Waals surface area contributed by atoms with Gasteiger partial charge in [0.05, 0.1) is 0 Å². The Kier molecular flexibility index (Phi) is 2.56. The fourth-order valence-corrected chi connectivity index (χ4v) is 3.87. The summed E-state index contributed by atoms with van der Waals surface area (Å²) < 4.78 is 0. The van der Waals surface area contributed by atoms with Gasteiger partial charge in [0.1, 0.15) is 10.4 Å². The summed E-state index contributed by atoms with van der Waals surface area (Å²) in [7, 11) is 1.99. The summed E-state index contributed by atoms with van der Waals surface area (Å²) >= 11 is 1.53. The third kappa shape index (κ3) is 1.61. The predicted octanol–water partition coefficient (Wildman–Crippen LogP) is 0.299. The molecule has 1 aromatic heterocycles. The predicted molar refractivity (Wildman–Crippen MR) is 67.9 cm³/mol. The molecule has 0 radical (unpaired) electrons. The highest BCUT2D eigenvalue weighted by Crippen LogP contribution is 2.44. The number of aromatic nitrogens is 2. The Hall–Kier alpha value is -1.21. The maximum atomic E-state index is 11.6. The van der Waals surface area contributed by atoms with Crippen molar-refractivity contribution in [3.8, 4) is 0 Å². The number of nitrogens with zero attached hydrogens (tertiary/aromatic N) is 4. The molecule has 0 aromatic carbocycles. The van der Waals surface area contributed by atoms with E-state index in [9.17, 15) is 9.90 Å². The first-order valence-corrected chi connectivity index (χ1v) is 6.80. The van der Waals surface area contributed by atoms with Gasteiger partial charge in [0.15, 0.2) is 0 Å². The number of carboxylic acids is 1. The molecule has 0 saturated carbocycles. The number of carboxylic acid groups (broad SMARTS) is 1. The van der Waals surface area contributed by atoms with Gasteiger partial charge in [-0.05, 0) is 14.0 Å². The van der Waals surface area contributed by atoms with Crippen molar-refractivity contribution in [2.24, 2.45) is 11.3 Å². The molecule has 2 aliphatic rings. The van der Waals surface area contributed by atoms with Gasteiger partial charge in [0.25, 0.3) is 0 Å². The third-order valence-corrected chi connectivity index (χ3v) is 4.89. The molecule has 1 N–H and O–H groups in total. The maximum absolute atomic E-state index is 11.6. The second-order valence-electron chi connectivity index (χ2n) is 5.34. The lowest BCUT2D eigenvalue weighted by atomic mass is 9.81. The first-order chi connectivity index (χ1) is 8.51. The lowest BCUT2D eigenvalue weighted by Crippen LogP contribution is -2.40. The topological polar surface area (TPSA) is 69.6 Å². The van der Waals surface area contributed by atoms with Crippen LogP contribution in [0.3, 0.4) is 0 Å². The van der Waals surface area contributed by atoms with Gasteiger partial charge in [-0.15, -0.1) is 10.2 Å². The van der Waals surface area contributed by atoms with E-state index in [0.29, 0.717) is 13.1 Å². The normalized spacial score (nSPS) is 31.9. The Morgan fingerprint density at radius 3 is 2.78 bits per heavy atom. The standard InChI is InChI=1S/C11H16N4O2S/c1-7-12-13-10(18-7)15-4-8-3-14(2)5-11(8,6-15)9(16)17/h8H,3-6H2,1-2H3,(H,16,17)/t8-,11-/m1/s1. The Labute approximate surface area is 109 Å². The SMILES string of the molecule is Cc1nnc(N2C[C@H]3CN(C)C[C@@]3(C(=O)O)C2)s1. The van der Waals surface area contributed by atoms with E-state index in [1.807, 2.05) is 14.0 Å². The summed E-state index contributed by atoms with van der Waals surface area (Å²) in [5, 5.41) is 19.5.